The minimum absolute atomic E-state index is 0.000253. The van der Waals surface area contributed by atoms with Crippen molar-refractivity contribution in [3.8, 4) is 5.75 Å². The Morgan fingerprint density at radius 1 is 1.13 bits per heavy atom. The molecule has 168 valence electrons. The van der Waals surface area contributed by atoms with E-state index in [4.69, 9.17) is 4.74 Å². The largest absolute Gasteiger partial charge is 0.495 e. The zero-order valence-electron chi connectivity index (χ0n) is 17.1. The summed E-state index contributed by atoms with van der Waals surface area (Å²) in [6.07, 6.45) is -4.08. The van der Waals surface area contributed by atoms with Crippen LogP contribution in [-0.4, -0.2) is 52.6 Å². The van der Waals surface area contributed by atoms with E-state index in [1.54, 1.807) is 24.3 Å². The van der Waals surface area contributed by atoms with Gasteiger partial charge in [0.05, 0.1) is 23.6 Å². The van der Waals surface area contributed by atoms with Crippen LogP contribution in [0.25, 0.3) is 0 Å². The minimum atomic E-state index is -4.35. The topological polar surface area (TPSA) is 66.9 Å². The van der Waals surface area contributed by atoms with Crippen molar-refractivity contribution in [2.45, 2.75) is 23.9 Å². The standard InChI is InChI=1S/C21H23F3N2O4S/c1-25(18-7-3-4-8-19(18)30-2)31(28,29)17-11-9-15(10-12-17)20(27)26-13-5-6-16(14-26)21(22,23)24/h3-4,7-12,16H,5-6,13-14H2,1-2H3/t16-/m1/s1. The van der Waals surface area contributed by atoms with Gasteiger partial charge in [-0.05, 0) is 49.2 Å². The third-order valence-electron chi connectivity index (χ3n) is 5.36. The van der Waals surface area contributed by atoms with Crippen LogP contribution in [0.4, 0.5) is 18.9 Å². The van der Waals surface area contributed by atoms with Gasteiger partial charge in [-0.3, -0.25) is 9.10 Å². The van der Waals surface area contributed by atoms with Crippen molar-refractivity contribution in [2.24, 2.45) is 5.92 Å². The quantitative estimate of drug-likeness (QED) is 0.684. The van der Waals surface area contributed by atoms with Gasteiger partial charge in [0, 0.05) is 25.7 Å². The number of hydrogen-bond donors (Lipinski definition) is 0. The van der Waals surface area contributed by atoms with E-state index in [1.165, 1.54) is 43.3 Å². The van der Waals surface area contributed by atoms with Gasteiger partial charge in [-0.1, -0.05) is 12.1 Å². The molecule has 0 radical (unpaired) electrons. The van der Waals surface area contributed by atoms with Gasteiger partial charge in [0.2, 0.25) is 0 Å². The van der Waals surface area contributed by atoms with Crippen LogP contribution in [0.5, 0.6) is 5.75 Å². The predicted molar refractivity (Wildman–Crippen MR) is 110 cm³/mol. The molecule has 1 saturated heterocycles. The second kappa shape index (κ2) is 8.78. The molecule has 0 aromatic heterocycles. The molecule has 0 unspecified atom stereocenters. The number of alkyl halides is 3. The molecular weight excluding hydrogens is 433 g/mol. The summed E-state index contributed by atoms with van der Waals surface area (Å²) in [5.41, 5.74) is 0.485. The van der Waals surface area contributed by atoms with Gasteiger partial charge in [-0.2, -0.15) is 13.2 Å². The molecule has 2 aromatic rings. The molecule has 10 heteroatoms. The number of benzene rings is 2. The first-order chi connectivity index (χ1) is 14.6. The van der Waals surface area contributed by atoms with E-state index >= 15 is 0 Å². The Kier molecular flexibility index (Phi) is 6.49. The first kappa shape index (κ1) is 22.9. The van der Waals surface area contributed by atoms with E-state index < -0.39 is 28.0 Å². The molecule has 1 aliphatic heterocycles. The van der Waals surface area contributed by atoms with E-state index in [1.807, 2.05) is 0 Å². The lowest BCUT2D eigenvalue weighted by atomic mass is 9.97. The maximum atomic E-state index is 13.0. The lowest BCUT2D eigenvalue weighted by molar-refractivity contribution is -0.184. The lowest BCUT2D eigenvalue weighted by Gasteiger charge is -2.33. The van der Waals surface area contributed by atoms with Crippen molar-refractivity contribution >= 4 is 21.6 Å². The predicted octanol–water partition coefficient (Wildman–Crippen LogP) is 3.93. The molecule has 3 rings (SSSR count). The third-order valence-corrected chi connectivity index (χ3v) is 7.14. The molecule has 1 amide bonds. The van der Waals surface area contributed by atoms with E-state index in [9.17, 15) is 26.4 Å². The molecule has 0 aliphatic carbocycles. The van der Waals surface area contributed by atoms with Crippen LogP contribution < -0.4 is 9.04 Å². The monoisotopic (exact) mass is 456 g/mol. The van der Waals surface area contributed by atoms with Crippen molar-refractivity contribution < 1.29 is 31.1 Å². The Morgan fingerprint density at radius 3 is 2.39 bits per heavy atom. The molecule has 6 nitrogen and oxygen atoms in total. The van der Waals surface area contributed by atoms with Gasteiger partial charge < -0.3 is 9.64 Å². The number of ether oxygens (including phenoxy) is 1. The summed E-state index contributed by atoms with van der Waals surface area (Å²) < 4.78 is 71.3. The van der Waals surface area contributed by atoms with Gasteiger partial charge in [-0.25, -0.2) is 8.42 Å². The van der Waals surface area contributed by atoms with Gasteiger partial charge in [0.25, 0.3) is 15.9 Å². The number of nitrogens with zero attached hydrogens (tertiary/aromatic N) is 2. The summed E-state index contributed by atoms with van der Waals surface area (Å²) in [4.78, 5) is 13.8. The molecular formula is C21H23F3N2O4S. The molecule has 1 aliphatic rings. The van der Waals surface area contributed by atoms with Crippen molar-refractivity contribution in [1.29, 1.82) is 0 Å². The highest BCUT2D eigenvalue weighted by Crippen LogP contribution is 2.34. The summed E-state index contributed by atoms with van der Waals surface area (Å²) in [5, 5.41) is 0. The Bertz CT molecular complexity index is 1040. The Balaban J connectivity index is 1.80. The zero-order chi connectivity index (χ0) is 22.8. The van der Waals surface area contributed by atoms with Crippen LogP contribution in [-0.2, 0) is 10.0 Å². The number of carbonyl (C=O) groups is 1. The Morgan fingerprint density at radius 2 is 1.77 bits per heavy atom. The highest BCUT2D eigenvalue weighted by atomic mass is 32.2. The maximum absolute atomic E-state index is 13.0. The number of hydrogen-bond acceptors (Lipinski definition) is 4. The summed E-state index contributed by atoms with van der Waals surface area (Å²) in [7, 11) is -1.12. The SMILES string of the molecule is COc1ccccc1N(C)S(=O)(=O)c1ccc(C(=O)N2CCC[C@@H](C(F)(F)F)C2)cc1. The molecule has 31 heavy (non-hydrogen) atoms. The second-order valence-corrected chi connectivity index (χ2v) is 9.27. The fraction of sp³-hybridized carbons (Fsp3) is 0.381. The van der Waals surface area contributed by atoms with Crippen molar-refractivity contribution in [1.82, 2.24) is 4.90 Å². The fourth-order valence-corrected chi connectivity index (χ4v) is 4.76. The van der Waals surface area contributed by atoms with Crippen LogP contribution in [0.1, 0.15) is 23.2 Å². The maximum Gasteiger partial charge on any atom is 0.393 e. The lowest BCUT2D eigenvalue weighted by Crippen LogP contribution is -2.44. The molecule has 0 saturated carbocycles. The van der Waals surface area contributed by atoms with Crippen LogP contribution in [0.2, 0.25) is 0 Å². The van der Waals surface area contributed by atoms with E-state index in [0.717, 1.165) is 4.31 Å². The first-order valence-electron chi connectivity index (χ1n) is 9.63. The van der Waals surface area contributed by atoms with Crippen LogP contribution >= 0.6 is 0 Å². The average Bonchev–Trinajstić information content (AvgIpc) is 2.77. The molecule has 1 fully saturated rings. The second-order valence-electron chi connectivity index (χ2n) is 7.30. The number of sulfonamides is 1. The number of rotatable bonds is 5. The van der Waals surface area contributed by atoms with E-state index in [0.29, 0.717) is 11.4 Å². The van der Waals surface area contributed by atoms with Crippen LogP contribution in [0.15, 0.2) is 53.4 Å². The van der Waals surface area contributed by atoms with Crippen LogP contribution in [0, 0.1) is 5.92 Å². The molecule has 2 aromatic carbocycles. The number of piperidine rings is 1. The molecule has 0 bridgehead atoms. The number of likely N-dealkylation sites (tertiary alicyclic amines) is 1. The Labute approximate surface area is 179 Å². The summed E-state index contributed by atoms with van der Waals surface area (Å²) in [6.45, 7) is -0.152. The smallest absolute Gasteiger partial charge is 0.393 e. The van der Waals surface area contributed by atoms with Gasteiger partial charge in [0.15, 0.2) is 0 Å². The molecule has 0 N–H and O–H groups in total. The molecule has 1 heterocycles. The van der Waals surface area contributed by atoms with Gasteiger partial charge in [-0.15, -0.1) is 0 Å². The number of amides is 1. The fourth-order valence-electron chi connectivity index (χ4n) is 3.56. The molecule has 1 atom stereocenters. The van der Waals surface area contributed by atoms with Crippen molar-refractivity contribution in [2.75, 3.05) is 31.6 Å². The number of halogens is 3. The highest BCUT2D eigenvalue weighted by Gasteiger charge is 2.42. The molecule has 0 spiro atoms. The van der Waals surface area contributed by atoms with Crippen LogP contribution in [0.3, 0.4) is 0 Å². The first-order valence-corrected chi connectivity index (χ1v) is 11.1. The van der Waals surface area contributed by atoms with Crippen molar-refractivity contribution in [3.63, 3.8) is 0 Å². The number of para-hydroxylation sites is 2. The summed E-state index contributed by atoms with van der Waals surface area (Å²) in [5.74, 6) is -1.71. The zero-order valence-corrected chi connectivity index (χ0v) is 17.9. The number of methoxy groups -OCH3 is 1. The number of anilines is 1. The van der Waals surface area contributed by atoms with E-state index in [-0.39, 0.29) is 36.4 Å². The Hall–Kier alpha value is -2.75. The van der Waals surface area contributed by atoms with Crippen molar-refractivity contribution in [3.05, 3.63) is 54.1 Å². The van der Waals surface area contributed by atoms with E-state index in [2.05, 4.69) is 0 Å². The third kappa shape index (κ3) is 4.79. The number of carbonyl (C=O) groups excluding carboxylic acids is 1. The minimum Gasteiger partial charge on any atom is -0.495 e. The normalized spacial score (nSPS) is 17.3. The summed E-state index contributed by atoms with van der Waals surface area (Å²) in [6, 6.07) is 11.8. The highest BCUT2D eigenvalue weighted by molar-refractivity contribution is 7.92. The summed E-state index contributed by atoms with van der Waals surface area (Å²) >= 11 is 0. The average molecular weight is 456 g/mol. The van der Waals surface area contributed by atoms with Gasteiger partial charge in [0.1, 0.15) is 5.75 Å². The van der Waals surface area contributed by atoms with Gasteiger partial charge >= 0.3 is 6.18 Å².